The number of likely N-dealkylation sites (N-methyl/N-ethyl adjacent to an activating group) is 1. The van der Waals surface area contributed by atoms with Crippen LogP contribution in [0.25, 0.3) is 0 Å². The number of carbonyl (C=O) groups is 1. The normalized spacial score (nSPS) is 11.6. The first-order valence-corrected chi connectivity index (χ1v) is 7.67. The van der Waals surface area contributed by atoms with Crippen LogP contribution < -0.4 is 0 Å². The molecule has 0 saturated carbocycles. The Morgan fingerprint density at radius 3 is 2.40 bits per heavy atom. The number of hydrogen-bond acceptors (Lipinski definition) is 5. The second kappa shape index (κ2) is 7.37. The number of esters is 1. The highest BCUT2D eigenvalue weighted by atomic mass is 32.2. The SMILES string of the molecule is CCOC(=O)Cc1ccc(S(=O)(=O)N(C)CCO)cc1. The van der Waals surface area contributed by atoms with E-state index in [9.17, 15) is 13.2 Å². The minimum atomic E-state index is -3.60. The van der Waals surface area contributed by atoms with E-state index in [4.69, 9.17) is 9.84 Å². The summed E-state index contributed by atoms with van der Waals surface area (Å²) in [5.41, 5.74) is 0.687. The minimum absolute atomic E-state index is 0.0346. The van der Waals surface area contributed by atoms with Gasteiger partial charge in [-0.1, -0.05) is 12.1 Å². The van der Waals surface area contributed by atoms with E-state index in [1.165, 1.54) is 19.2 Å². The molecule has 20 heavy (non-hydrogen) atoms. The molecule has 1 N–H and O–H groups in total. The van der Waals surface area contributed by atoms with Gasteiger partial charge in [-0.05, 0) is 24.6 Å². The van der Waals surface area contributed by atoms with Crippen LogP contribution in [0.4, 0.5) is 0 Å². The van der Waals surface area contributed by atoms with E-state index in [-0.39, 0.29) is 30.4 Å². The van der Waals surface area contributed by atoms with Gasteiger partial charge in [-0.15, -0.1) is 0 Å². The first-order chi connectivity index (χ1) is 9.41. The lowest BCUT2D eigenvalue weighted by Crippen LogP contribution is -2.29. The van der Waals surface area contributed by atoms with E-state index in [0.717, 1.165) is 4.31 Å². The van der Waals surface area contributed by atoms with Crippen molar-refractivity contribution in [2.45, 2.75) is 18.2 Å². The number of carbonyl (C=O) groups excluding carboxylic acids is 1. The molecule has 0 aromatic heterocycles. The van der Waals surface area contributed by atoms with Crippen LogP contribution in [0.5, 0.6) is 0 Å². The maximum Gasteiger partial charge on any atom is 0.310 e. The lowest BCUT2D eigenvalue weighted by Gasteiger charge is -2.15. The van der Waals surface area contributed by atoms with Crippen LogP contribution in [0.1, 0.15) is 12.5 Å². The van der Waals surface area contributed by atoms with E-state index in [1.54, 1.807) is 19.1 Å². The fraction of sp³-hybridized carbons (Fsp3) is 0.462. The summed E-state index contributed by atoms with van der Waals surface area (Å²) in [6.45, 7) is 1.84. The Kier molecular flexibility index (Phi) is 6.12. The largest absolute Gasteiger partial charge is 0.466 e. The lowest BCUT2D eigenvalue weighted by atomic mass is 10.1. The van der Waals surface area contributed by atoms with Crippen LogP contribution in [0.3, 0.4) is 0 Å². The van der Waals surface area contributed by atoms with Crippen molar-refractivity contribution in [3.05, 3.63) is 29.8 Å². The van der Waals surface area contributed by atoms with Gasteiger partial charge in [0.25, 0.3) is 0 Å². The summed E-state index contributed by atoms with van der Waals surface area (Å²) in [4.78, 5) is 11.4. The molecule has 0 atom stereocenters. The molecule has 0 unspecified atom stereocenters. The molecule has 0 bridgehead atoms. The van der Waals surface area contributed by atoms with E-state index in [0.29, 0.717) is 12.2 Å². The van der Waals surface area contributed by atoms with Crippen LogP contribution >= 0.6 is 0 Å². The molecule has 0 radical (unpaired) electrons. The van der Waals surface area contributed by atoms with E-state index in [2.05, 4.69) is 0 Å². The maximum absolute atomic E-state index is 12.1. The molecule has 1 aromatic carbocycles. The predicted octanol–water partition coefficient (Wildman–Crippen LogP) is 0.405. The molecule has 112 valence electrons. The standard InChI is InChI=1S/C13H19NO5S/c1-3-19-13(16)10-11-4-6-12(7-5-11)20(17,18)14(2)8-9-15/h4-7,15H,3,8-10H2,1-2H3. The molecular formula is C13H19NO5S. The van der Waals surface area contributed by atoms with Crippen molar-refractivity contribution in [2.75, 3.05) is 26.8 Å². The van der Waals surface area contributed by atoms with Gasteiger partial charge in [0, 0.05) is 13.6 Å². The highest BCUT2D eigenvalue weighted by molar-refractivity contribution is 7.89. The van der Waals surface area contributed by atoms with E-state index in [1.807, 2.05) is 0 Å². The van der Waals surface area contributed by atoms with Gasteiger partial charge in [0.15, 0.2) is 0 Å². The topological polar surface area (TPSA) is 83.9 Å². The molecule has 0 aliphatic heterocycles. The Bertz CT molecular complexity index is 538. The Balaban J connectivity index is 2.83. The van der Waals surface area contributed by atoms with Gasteiger partial charge in [0.2, 0.25) is 10.0 Å². The summed E-state index contributed by atoms with van der Waals surface area (Å²) in [5.74, 6) is -0.347. The summed E-state index contributed by atoms with van der Waals surface area (Å²) < 4.78 is 30.1. The summed E-state index contributed by atoms with van der Waals surface area (Å²) in [5, 5.41) is 8.78. The zero-order valence-corrected chi connectivity index (χ0v) is 12.4. The molecule has 1 rings (SSSR count). The van der Waals surface area contributed by atoms with Gasteiger partial charge in [-0.2, -0.15) is 4.31 Å². The van der Waals surface area contributed by atoms with Crippen molar-refractivity contribution in [1.82, 2.24) is 4.31 Å². The molecule has 0 fully saturated rings. The monoisotopic (exact) mass is 301 g/mol. The fourth-order valence-corrected chi connectivity index (χ4v) is 2.76. The van der Waals surface area contributed by atoms with Crippen LogP contribution in [0.2, 0.25) is 0 Å². The minimum Gasteiger partial charge on any atom is -0.466 e. The highest BCUT2D eigenvalue weighted by Crippen LogP contribution is 2.15. The van der Waals surface area contributed by atoms with Crippen molar-refractivity contribution in [3.8, 4) is 0 Å². The first kappa shape index (κ1) is 16.6. The zero-order valence-electron chi connectivity index (χ0n) is 11.6. The van der Waals surface area contributed by atoms with Gasteiger partial charge in [0.05, 0.1) is 24.5 Å². The summed E-state index contributed by atoms with van der Waals surface area (Å²) in [6, 6.07) is 6.04. The molecule has 1 aromatic rings. The average molecular weight is 301 g/mol. The molecule has 7 heteroatoms. The Morgan fingerprint density at radius 1 is 1.30 bits per heavy atom. The molecular weight excluding hydrogens is 282 g/mol. The van der Waals surface area contributed by atoms with E-state index < -0.39 is 10.0 Å². The summed E-state index contributed by atoms with van der Waals surface area (Å²) in [6.07, 6.45) is 0.112. The molecule has 6 nitrogen and oxygen atoms in total. The van der Waals surface area contributed by atoms with Crippen molar-refractivity contribution < 1.29 is 23.1 Å². The van der Waals surface area contributed by atoms with Crippen molar-refractivity contribution in [3.63, 3.8) is 0 Å². The van der Waals surface area contributed by atoms with Crippen molar-refractivity contribution in [1.29, 1.82) is 0 Å². The quantitative estimate of drug-likeness (QED) is 0.737. The van der Waals surface area contributed by atoms with E-state index >= 15 is 0 Å². The molecule has 0 heterocycles. The number of ether oxygens (including phenoxy) is 1. The number of nitrogens with zero attached hydrogens (tertiary/aromatic N) is 1. The summed E-state index contributed by atoms with van der Waals surface area (Å²) >= 11 is 0. The van der Waals surface area contributed by atoms with Crippen LogP contribution in [0.15, 0.2) is 29.2 Å². The van der Waals surface area contributed by atoms with Crippen LogP contribution in [-0.4, -0.2) is 50.6 Å². The third kappa shape index (κ3) is 4.29. The summed E-state index contributed by atoms with van der Waals surface area (Å²) in [7, 11) is -2.20. The smallest absolute Gasteiger partial charge is 0.310 e. The number of sulfonamides is 1. The molecule has 0 amide bonds. The molecule has 0 aliphatic carbocycles. The Morgan fingerprint density at radius 2 is 1.90 bits per heavy atom. The second-order valence-electron chi connectivity index (χ2n) is 4.18. The third-order valence-electron chi connectivity index (χ3n) is 2.70. The zero-order chi connectivity index (χ0) is 15.2. The first-order valence-electron chi connectivity index (χ1n) is 6.23. The maximum atomic E-state index is 12.1. The van der Waals surface area contributed by atoms with Crippen LogP contribution in [-0.2, 0) is 26.0 Å². The van der Waals surface area contributed by atoms with Crippen LogP contribution in [0, 0.1) is 0 Å². The fourth-order valence-electron chi connectivity index (χ4n) is 1.60. The Labute approximate surface area is 119 Å². The van der Waals surface area contributed by atoms with Crippen molar-refractivity contribution in [2.24, 2.45) is 0 Å². The highest BCUT2D eigenvalue weighted by Gasteiger charge is 2.20. The van der Waals surface area contributed by atoms with Crippen molar-refractivity contribution >= 4 is 16.0 Å². The molecule has 0 spiro atoms. The second-order valence-corrected chi connectivity index (χ2v) is 6.22. The number of aliphatic hydroxyl groups excluding tert-OH is 1. The number of aliphatic hydroxyl groups is 1. The Hall–Kier alpha value is -1.44. The molecule has 0 saturated heterocycles. The molecule has 0 aliphatic rings. The average Bonchev–Trinajstić information content (AvgIpc) is 2.39. The number of hydrogen-bond donors (Lipinski definition) is 1. The van der Waals surface area contributed by atoms with Gasteiger partial charge in [0.1, 0.15) is 0 Å². The number of rotatable bonds is 7. The van der Waals surface area contributed by atoms with Gasteiger partial charge >= 0.3 is 5.97 Å². The van der Waals surface area contributed by atoms with Gasteiger partial charge < -0.3 is 9.84 Å². The third-order valence-corrected chi connectivity index (χ3v) is 4.57. The van der Waals surface area contributed by atoms with Gasteiger partial charge in [-0.25, -0.2) is 8.42 Å². The predicted molar refractivity (Wildman–Crippen MR) is 73.7 cm³/mol. The van der Waals surface area contributed by atoms with Gasteiger partial charge in [-0.3, -0.25) is 4.79 Å². The lowest BCUT2D eigenvalue weighted by molar-refractivity contribution is -0.142. The number of benzene rings is 1.